The van der Waals surface area contributed by atoms with Gasteiger partial charge in [0.1, 0.15) is 11.6 Å². The van der Waals surface area contributed by atoms with Crippen LogP contribution in [0, 0.1) is 0 Å². The van der Waals surface area contributed by atoms with Crippen LogP contribution in [-0.2, 0) is 4.79 Å². The molecule has 1 saturated heterocycles. The molecular weight excluding hydrogens is 216 g/mol. The molecule has 0 saturated carbocycles. The number of hydrogen-bond donors (Lipinski definition) is 2. The second kappa shape index (κ2) is 5.14. The minimum absolute atomic E-state index is 0.175. The fourth-order valence-electron chi connectivity index (χ4n) is 2.01. The number of anilines is 2. The van der Waals surface area contributed by atoms with E-state index in [0.29, 0.717) is 18.3 Å². The minimum atomic E-state index is 0.175. The minimum Gasteiger partial charge on any atom is -0.397 e. The molecule has 0 bridgehead atoms. The monoisotopic (exact) mass is 234 g/mol. The molecule has 92 valence electrons. The quantitative estimate of drug-likeness (QED) is 0.790. The van der Waals surface area contributed by atoms with E-state index < -0.39 is 0 Å². The number of Topliss-reactive ketones (excluding diaryl/α,β-unsaturated/α-hetero) is 1. The van der Waals surface area contributed by atoms with Gasteiger partial charge in [-0.1, -0.05) is 0 Å². The molecule has 1 fully saturated rings. The lowest BCUT2D eigenvalue weighted by atomic mass is 10.2. The molecule has 0 aliphatic carbocycles. The molecule has 5 heteroatoms. The number of hydrogen-bond acceptors (Lipinski definition) is 5. The molecule has 0 amide bonds. The number of rotatable bonds is 4. The van der Waals surface area contributed by atoms with Gasteiger partial charge in [-0.05, 0) is 25.5 Å². The molecule has 0 spiro atoms. The number of nitrogens with two attached hydrogens (primary N) is 1. The van der Waals surface area contributed by atoms with Crippen molar-refractivity contribution in [1.29, 1.82) is 0 Å². The van der Waals surface area contributed by atoms with Crippen LogP contribution in [0.25, 0.3) is 0 Å². The van der Waals surface area contributed by atoms with Crippen molar-refractivity contribution < 1.29 is 4.79 Å². The van der Waals surface area contributed by atoms with Crippen molar-refractivity contribution >= 4 is 17.3 Å². The predicted molar refractivity (Wildman–Crippen MR) is 68.0 cm³/mol. The molecule has 1 aromatic heterocycles. The fourth-order valence-corrected chi connectivity index (χ4v) is 2.01. The largest absolute Gasteiger partial charge is 0.397 e. The van der Waals surface area contributed by atoms with Crippen LogP contribution in [0.1, 0.15) is 13.3 Å². The molecule has 2 heterocycles. The first-order chi connectivity index (χ1) is 8.15. The second-order valence-corrected chi connectivity index (χ2v) is 4.46. The first kappa shape index (κ1) is 11.9. The molecule has 0 aromatic carbocycles. The van der Waals surface area contributed by atoms with Gasteiger partial charge in [0.05, 0.1) is 18.4 Å². The zero-order valence-corrected chi connectivity index (χ0v) is 10.0. The van der Waals surface area contributed by atoms with Crippen LogP contribution in [-0.4, -0.2) is 36.4 Å². The molecule has 0 unspecified atom stereocenters. The lowest BCUT2D eigenvalue weighted by Crippen LogP contribution is -2.35. The van der Waals surface area contributed by atoms with E-state index in [4.69, 9.17) is 5.73 Å². The van der Waals surface area contributed by atoms with Gasteiger partial charge in [0, 0.05) is 19.1 Å². The van der Waals surface area contributed by atoms with Crippen molar-refractivity contribution in [3.8, 4) is 0 Å². The Hall–Kier alpha value is -1.62. The molecule has 1 aromatic rings. The summed E-state index contributed by atoms with van der Waals surface area (Å²) < 4.78 is 0. The molecule has 1 atom stereocenters. The number of carbonyl (C=O) groups excluding carboxylic acids is 1. The van der Waals surface area contributed by atoms with Gasteiger partial charge in [-0.3, -0.25) is 4.79 Å². The lowest BCUT2D eigenvalue weighted by Gasteiger charge is -2.17. The Labute approximate surface area is 101 Å². The van der Waals surface area contributed by atoms with E-state index in [1.54, 1.807) is 13.1 Å². The molecule has 5 nitrogen and oxygen atoms in total. The summed E-state index contributed by atoms with van der Waals surface area (Å²) in [6.07, 6.45) is 2.71. The average molecular weight is 234 g/mol. The molecule has 0 radical (unpaired) electrons. The van der Waals surface area contributed by atoms with Gasteiger partial charge >= 0.3 is 0 Å². The maximum atomic E-state index is 10.9. The Morgan fingerprint density at radius 3 is 3.12 bits per heavy atom. The SMILES string of the molecule is CC(=O)CN[C@@H]1CCN(c2ccc(N)cn2)C1. The third kappa shape index (κ3) is 3.17. The number of ketones is 1. The van der Waals surface area contributed by atoms with E-state index in [-0.39, 0.29) is 5.78 Å². The Balaban J connectivity index is 1.89. The maximum Gasteiger partial charge on any atom is 0.143 e. The van der Waals surface area contributed by atoms with Crippen molar-refractivity contribution in [3.63, 3.8) is 0 Å². The lowest BCUT2D eigenvalue weighted by molar-refractivity contribution is -0.116. The van der Waals surface area contributed by atoms with Crippen molar-refractivity contribution in [3.05, 3.63) is 18.3 Å². The van der Waals surface area contributed by atoms with E-state index >= 15 is 0 Å². The Morgan fingerprint density at radius 1 is 1.65 bits per heavy atom. The van der Waals surface area contributed by atoms with Gasteiger partial charge in [-0.15, -0.1) is 0 Å². The molecule has 17 heavy (non-hydrogen) atoms. The number of pyridine rings is 1. The van der Waals surface area contributed by atoms with Crippen LogP contribution < -0.4 is 16.0 Å². The first-order valence-electron chi connectivity index (χ1n) is 5.84. The van der Waals surface area contributed by atoms with Crippen LogP contribution in [0.5, 0.6) is 0 Å². The van der Waals surface area contributed by atoms with Crippen molar-refractivity contribution in [2.75, 3.05) is 30.3 Å². The van der Waals surface area contributed by atoms with Crippen molar-refractivity contribution in [2.24, 2.45) is 0 Å². The van der Waals surface area contributed by atoms with Crippen molar-refractivity contribution in [2.45, 2.75) is 19.4 Å². The zero-order valence-electron chi connectivity index (χ0n) is 10.0. The van der Waals surface area contributed by atoms with Gasteiger partial charge < -0.3 is 16.0 Å². The maximum absolute atomic E-state index is 10.9. The fraction of sp³-hybridized carbons (Fsp3) is 0.500. The summed E-state index contributed by atoms with van der Waals surface area (Å²) in [5.74, 6) is 1.13. The summed E-state index contributed by atoms with van der Waals surface area (Å²) in [6, 6.07) is 4.17. The normalized spacial score (nSPS) is 19.6. The van der Waals surface area contributed by atoms with Crippen LogP contribution >= 0.6 is 0 Å². The third-order valence-electron chi connectivity index (χ3n) is 2.92. The topological polar surface area (TPSA) is 71.2 Å². The highest BCUT2D eigenvalue weighted by Crippen LogP contribution is 2.18. The van der Waals surface area contributed by atoms with Gasteiger partial charge in [0.15, 0.2) is 0 Å². The number of nitrogen functional groups attached to an aromatic ring is 1. The smallest absolute Gasteiger partial charge is 0.143 e. The van der Waals surface area contributed by atoms with Gasteiger partial charge in [0.25, 0.3) is 0 Å². The third-order valence-corrected chi connectivity index (χ3v) is 2.92. The van der Waals surface area contributed by atoms with E-state index in [0.717, 1.165) is 25.3 Å². The summed E-state index contributed by atoms with van der Waals surface area (Å²) >= 11 is 0. The van der Waals surface area contributed by atoms with Gasteiger partial charge in [-0.25, -0.2) is 4.98 Å². The van der Waals surface area contributed by atoms with Crippen LogP contribution in [0.2, 0.25) is 0 Å². The highest BCUT2D eigenvalue weighted by Gasteiger charge is 2.22. The average Bonchev–Trinajstić information content (AvgIpc) is 2.76. The van der Waals surface area contributed by atoms with Crippen molar-refractivity contribution in [1.82, 2.24) is 10.3 Å². The first-order valence-corrected chi connectivity index (χ1v) is 5.84. The molecule has 1 aliphatic rings. The highest BCUT2D eigenvalue weighted by atomic mass is 16.1. The zero-order chi connectivity index (χ0) is 12.3. The Morgan fingerprint density at radius 2 is 2.47 bits per heavy atom. The predicted octanol–water partition coefficient (Wildman–Crippen LogP) is 0.421. The summed E-state index contributed by atoms with van der Waals surface area (Å²) in [4.78, 5) is 17.4. The standard InChI is InChI=1S/C12H18N4O/c1-9(17)6-14-11-4-5-16(8-11)12-3-2-10(13)7-15-12/h2-3,7,11,14H,4-6,8,13H2,1H3/t11-/m1/s1. The van der Waals surface area contributed by atoms with Crippen LogP contribution in [0.15, 0.2) is 18.3 Å². The number of carbonyl (C=O) groups is 1. The van der Waals surface area contributed by atoms with E-state index in [2.05, 4.69) is 15.2 Å². The highest BCUT2D eigenvalue weighted by molar-refractivity contribution is 5.77. The van der Waals surface area contributed by atoms with Crippen LogP contribution in [0.3, 0.4) is 0 Å². The van der Waals surface area contributed by atoms with E-state index in [1.807, 2.05) is 12.1 Å². The molecule has 1 aliphatic heterocycles. The summed E-state index contributed by atoms with van der Waals surface area (Å²) in [6.45, 7) is 3.91. The summed E-state index contributed by atoms with van der Waals surface area (Å²) in [5, 5.41) is 3.25. The van der Waals surface area contributed by atoms with E-state index in [9.17, 15) is 4.79 Å². The van der Waals surface area contributed by atoms with Gasteiger partial charge in [0.2, 0.25) is 0 Å². The molecule has 3 N–H and O–H groups in total. The Bertz CT molecular complexity index is 390. The Kier molecular flexibility index (Phi) is 3.58. The van der Waals surface area contributed by atoms with Gasteiger partial charge in [-0.2, -0.15) is 0 Å². The molecule has 2 rings (SSSR count). The van der Waals surface area contributed by atoms with Crippen LogP contribution in [0.4, 0.5) is 11.5 Å². The summed E-state index contributed by atoms with van der Waals surface area (Å²) in [5.41, 5.74) is 6.28. The number of nitrogens with one attached hydrogen (secondary N) is 1. The van der Waals surface area contributed by atoms with E-state index in [1.165, 1.54) is 0 Å². The molecular formula is C12H18N4O. The number of aromatic nitrogens is 1. The summed E-state index contributed by atoms with van der Waals surface area (Å²) in [7, 11) is 0. The second-order valence-electron chi connectivity index (χ2n) is 4.46. The number of nitrogens with zero attached hydrogens (tertiary/aromatic N) is 2.